The van der Waals surface area contributed by atoms with E-state index in [0.717, 1.165) is 42.7 Å². The number of piperidine rings is 1. The van der Waals surface area contributed by atoms with Crippen molar-refractivity contribution >= 4 is 24.0 Å². The lowest BCUT2D eigenvalue weighted by Gasteiger charge is -2.31. The quantitative estimate of drug-likeness (QED) is 0.897. The number of carbonyl (C=O) groups excluding carboxylic acids is 1. The lowest BCUT2D eigenvalue weighted by molar-refractivity contribution is -0.117. The van der Waals surface area contributed by atoms with Gasteiger partial charge in [0.05, 0.1) is 6.54 Å². The molecule has 1 aromatic rings. The summed E-state index contributed by atoms with van der Waals surface area (Å²) in [6.45, 7) is 6.53. The molecule has 4 nitrogen and oxygen atoms in total. The summed E-state index contributed by atoms with van der Waals surface area (Å²) in [6.07, 6.45) is 2.24. The monoisotopic (exact) mass is 311 g/mol. The third-order valence-electron chi connectivity index (χ3n) is 4.11. The highest BCUT2D eigenvalue weighted by Gasteiger charge is 2.19. The number of carbonyl (C=O) groups is 1. The highest BCUT2D eigenvalue weighted by Crippen LogP contribution is 2.19. The molecule has 118 valence electrons. The Morgan fingerprint density at radius 3 is 2.33 bits per heavy atom. The minimum atomic E-state index is 0. The zero-order valence-corrected chi connectivity index (χ0v) is 13.9. The van der Waals surface area contributed by atoms with Crippen LogP contribution in [0.5, 0.6) is 0 Å². The van der Waals surface area contributed by atoms with E-state index in [2.05, 4.69) is 15.5 Å². The molecular weight excluding hydrogens is 286 g/mol. The van der Waals surface area contributed by atoms with Crippen molar-refractivity contribution in [3.63, 3.8) is 0 Å². The molecule has 1 amide bonds. The highest BCUT2D eigenvalue weighted by molar-refractivity contribution is 5.93. The van der Waals surface area contributed by atoms with Crippen LogP contribution in [0, 0.1) is 13.8 Å². The smallest absolute Gasteiger partial charge is 0.238 e. The van der Waals surface area contributed by atoms with E-state index in [9.17, 15) is 4.79 Å². The van der Waals surface area contributed by atoms with Gasteiger partial charge < -0.3 is 10.6 Å². The molecule has 0 saturated carbocycles. The molecule has 0 spiro atoms. The van der Waals surface area contributed by atoms with Crippen LogP contribution in [0.2, 0.25) is 0 Å². The maximum absolute atomic E-state index is 12.2. The first-order valence-electron chi connectivity index (χ1n) is 7.36. The number of hydrogen-bond acceptors (Lipinski definition) is 3. The van der Waals surface area contributed by atoms with Crippen LogP contribution in [0.15, 0.2) is 18.2 Å². The largest absolute Gasteiger partial charge is 0.324 e. The highest BCUT2D eigenvalue weighted by atomic mass is 35.5. The fraction of sp³-hybridized carbons (Fsp3) is 0.562. The Morgan fingerprint density at radius 1 is 1.24 bits per heavy atom. The summed E-state index contributed by atoms with van der Waals surface area (Å²) in [7, 11) is 2.01. The third-order valence-corrected chi connectivity index (χ3v) is 4.11. The van der Waals surface area contributed by atoms with Gasteiger partial charge in [-0.05, 0) is 44.9 Å². The summed E-state index contributed by atoms with van der Waals surface area (Å²) in [5.41, 5.74) is 3.20. The molecule has 0 aromatic heterocycles. The van der Waals surface area contributed by atoms with E-state index in [0.29, 0.717) is 12.6 Å². The van der Waals surface area contributed by atoms with Crippen LogP contribution in [-0.2, 0) is 4.79 Å². The molecule has 1 aliphatic rings. The van der Waals surface area contributed by atoms with Crippen LogP contribution in [0.25, 0.3) is 0 Å². The van der Waals surface area contributed by atoms with Gasteiger partial charge in [-0.25, -0.2) is 0 Å². The summed E-state index contributed by atoms with van der Waals surface area (Å²) in [4.78, 5) is 14.4. The number of benzene rings is 1. The van der Waals surface area contributed by atoms with Crippen molar-refractivity contribution in [1.82, 2.24) is 10.2 Å². The Balaban J connectivity index is 0.00000220. The SMILES string of the molecule is CNC1CCN(CC(=O)Nc2c(C)cccc2C)CC1.Cl. The predicted molar refractivity (Wildman–Crippen MR) is 90.3 cm³/mol. The Labute approximate surface area is 133 Å². The molecule has 1 heterocycles. The normalized spacial score (nSPS) is 16.3. The summed E-state index contributed by atoms with van der Waals surface area (Å²) in [5, 5.41) is 6.36. The number of para-hydroxylation sites is 1. The Hall–Kier alpha value is -1.10. The molecular formula is C16H26ClN3O. The number of nitrogens with one attached hydrogen (secondary N) is 2. The van der Waals surface area contributed by atoms with Crippen molar-refractivity contribution in [3.8, 4) is 0 Å². The first-order chi connectivity index (χ1) is 9.60. The molecule has 5 heteroatoms. The summed E-state index contributed by atoms with van der Waals surface area (Å²) in [6, 6.07) is 6.68. The average Bonchev–Trinajstić information content (AvgIpc) is 2.44. The number of halogens is 1. The van der Waals surface area contributed by atoms with Crippen LogP contribution in [0.3, 0.4) is 0 Å². The molecule has 0 bridgehead atoms. The molecule has 1 aliphatic heterocycles. The van der Waals surface area contributed by atoms with Crippen LogP contribution < -0.4 is 10.6 Å². The van der Waals surface area contributed by atoms with Gasteiger partial charge in [0, 0.05) is 24.8 Å². The molecule has 1 saturated heterocycles. The molecule has 0 unspecified atom stereocenters. The van der Waals surface area contributed by atoms with Crippen molar-refractivity contribution in [2.75, 3.05) is 32.0 Å². The fourth-order valence-electron chi connectivity index (χ4n) is 2.77. The molecule has 0 aliphatic carbocycles. The Bertz CT molecular complexity index is 450. The van der Waals surface area contributed by atoms with Gasteiger partial charge in [-0.1, -0.05) is 18.2 Å². The maximum Gasteiger partial charge on any atom is 0.238 e. The van der Waals surface area contributed by atoms with Crippen molar-refractivity contribution in [2.24, 2.45) is 0 Å². The van der Waals surface area contributed by atoms with Crippen LogP contribution in [-0.4, -0.2) is 43.5 Å². The minimum Gasteiger partial charge on any atom is -0.324 e. The second-order valence-corrected chi connectivity index (χ2v) is 5.65. The van der Waals surface area contributed by atoms with Crippen LogP contribution in [0.1, 0.15) is 24.0 Å². The number of likely N-dealkylation sites (tertiary alicyclic amines) is 1. The number of rotatable bonds is 4. The topological polar surface area (TPSA) is 44.4 Å². The third kappa shape index (κ3) is 4.99. The predicted octanol–water partition coefficient (Wildman–Crippen LogP) is 2.35. The number of hydrogen-bond donors (Lipinski definition) is 2. The minimum absolute atomic E-state index is 0. The van der Waals surface area contributed by atoms with Gasteiger partial charge in [-0.15, -0.1) is 12.4 Å². The van der Waals surface area contributed by atoms with Crippen molar-refractivity contribution < 1.29 is 4.79 Å². The molecule has 2 rings (SSSR count). The van der Waals surface area contributed by atoms with Gasteiger partial charge in [0.15, 0.2) is 0 Å². The first kappa shape index (κ1) is 18.0. The molecule has 1 fully saturated rings. The second kappa shape index (κ2) is 8.37. The van der Waals surface area contributed by atoms with Crippen molar-refractivity contribution in [3.05, 3.63) is 29.3 Å². The maximum atomic E-state index is 12.2. The molecule has 21 heavy (non-hydrogen) atoms. The number of aryl methyl sites for hydroxylation is 2. The van der Waals surface area contributed by atoms with E-state index < -0.39 is 0 Å². The standard InChI is InChI=1S/C16H25N3O.ClH/c1-12-5-4-6-13(2)16(12)18-15(20)11-19-9-7-14(17-3)8-10-19;/h4-6,14,17H,7-11H2,1-3H3,(H,18,20);1H. The van der Waals surface area contributed by atoms with Gasteiger partial charge >= 0.3 is 0 Å². The fourth-order valence-corrected chi connectivity index (χ4v) is 2.77. The van der Waals surface area contributed by atoms with E-state index in [1.165, 1.54) is 0 Å². The number of anilines is 1. The molecule has 1 aromatic carbocycles. The van der Waals surface area contributed by atoms with E-state index in [1.807, 2.05) is 39.1 Å². The van der Waals surface area contributed by atoms with Gasteiger partial charge in [0.25, 0.3) is 0 Å². The number of amides is 1. The summed E-state index contributed by atoms with van der Waals surface area (Å²) in [5.74, 6) is 0.0882. The van der Waals surface area contributed by atoms with Gasteiger partial charge in [-0.3, -0.25) is 9.69 Å². The molecule has 0 atom stereocenters. The molecule has 2 N–H and O–H groups in total. The first-order valence-corrected chi connectivity index (χ1v) is 7.36. The zero-order valence-electron chi connectivity index (χ0n) is 13.1. The van der Waals surface area contributed by atoms with E-state index in [4.69, 9.17) is 0 Å². The summed E-state index contributed by atoms with van der Waals surface area (Å²) < 4.78 is 0. The van der Waals surface area contributed by atoms with E-state index in [-0.39, 0.29) is 18.3 Å². The average molecular weight is 312 g/mol. The molecule has 0 radical (unpaired) electrons. The van der Waals surface area contributed by atoms with Gasteiger partial charge in [-0.2, -0.15) is 0 Å². The van der Waals surface area contributed by atoms with E-state index in [1.54, 1.807) is 0 Å². The van der Waals surface area contributed by atoms with Crippen molar-refractivity contribution in [2.45, 2.75) is 32.7 Å². The summed E-state index contributed by atoms with van der Waals surface area (Å²) >= 11 is 0. The Kier molecular flexibility index (Phi) is 7.15. The van der Waals surface area contributed by atoms with Gasteiger partial charge in [0.2, 0.25) is 5.91 Å². The number of nitrogens with zero attached hydrogens (tertiary/aromatic N) is 1. The van der Waals surface area contributed by atoms with E-state index >= 15 is 0 Å². The van der Waals surface area contributed by atoms with Crippen LogP contribution in [0.4, 0.5) is 5.69 Å². The van der Waals surface area contributed by atoms with Crippen LogP contribution >= 0.6 is 12.4 Å². The lowest BCUT2D eigenvalue weighted by atomic mass is 10.1. The second-order valence-electron chi connectivity index (χ2n) is 5.65. The zero-order chi connectivity index (χ0) is 14.5. The Morgan fingerprint density at radius 2 is 1.81 bits per heavy atom. The lowest BCUT2D eigenvalue weighted by Crippen LogP contribution is -2.44. The van der Waals surface area contributed by atoms with Crippen molar-refractivity contribution in [1.29, 1.82) is 0 Å². The van der Waals surface area contributed by atoms with Gasteiger partial charge in [0.1, 0.15) is 0 Å².